The molecule has 1 heterocycles. The number of benzene rings is 2. The predicted molar refractivity (Wildman–Crippen MR) is 73.7 cm³/mol. The number of hydrogen-bond acceptors (Lipinski definition) is 5. The number of halogens is 1. The molecule has 0 aliphatic rings. The number of fused-ring (bicyclic) bond motifs is 1. The molecule has 2 aromatic carbocycles. The minimum absolute atomic E-state index is 0.0954. The van der Waals surface area contributed by atoms with Gasteiger partial charge in [-0.25, -0.2) is 17.4 Å². The number of hydrogen-bond donors (Lipinski definition) is 1. The third-order valence-corrected chi connectivity index (χ3v) is 4.30. The van der Waals surface area contributed by atoms with Crippen LogP contribution in [0, 0.1) is 12.7 Å². The Kier molecular flexibility index (Phi) is 3.09. The van der Waals surface area contributed by atoms with Gasteiger partial charge in [0.1, 0.15) is 16.2 Å². The molecule has 0 saturated carbocycles. The molecule has 21 heavy (non-hydrogen) atoms. The van der Waals surface area contributed by atoms with Crippen molar-refractivity contribution in [3.63, 3.8) is 0 Å². The average molecular weight is 307 g/mol. The third kappa shape index (κ3) is 2.45. The first-order valence-corrected chi connectivity index (χ1v) is 7.46. The summed E-state index contributed by atoms with van der Waals surface area (Å²) in [6, 6.07) is 8.59. The van der Waals surface area contributed by atoms with Crippen molar-refractivity contribution in [3.05, 3.63) is 47.8 Å². The Balaban J connectivity index is 2.09. The van der Waals surface area contributed by atoms with Gasteiger partial charge in [-0.15, -0.1) is 0 Å². The van der Waals surface area contributed by atoms with Crippen LogP contribution < -0.4 is 4.72 Å². The Morgan fingerprint density at radius 3 is 2.81 bits per heavy atom. The predicted octanol–water partition coefficient (Wildman–Crippen LogP) is 2.47. The Morgan fingerprint density at radius 1 is 1.19 bits per heavy atom. The maximum Gasteiger partial charge on any atom is 0.264 e. The van der Waals surface area contributed by atoms with Gasteiger partial charge in [0.05, 0.1) is 5.69 Å². The molecule has 108 valence electrons. The fourth-order valence-corrected chi connectivity index (χ4v) is 3.13. The van der Waals surface area contributed by atoms with Crippen molar-refractivity contribution in [1.82, 2.24) is 10.3 Å². The van der Waals surface area contributed by atoms with Crippen LogP contribution in [0.5, 0.6) is 0 Å². The standard InChI is InChI=1S/C13H10FN3O3S/c1-8-5-6-9(14)11(7-8)17-21(18,19)12-4-2-3-10-13(12)16-20-15-10/h2-7,17H,1H3. The van der Waals surface area contributed by atoms with E-state index in [4.69, 9.17) is 0 Å². The maximum atomic E-state index is 13.7. The van der Waals surface area contributed by atoms with Gasteiger partial charge in [-0.05, 0) is 47.1 Å². The summed E-state index contributed by atoms with van der Waals surface area (Å²) in [6.07, 6.45) is 0. The summed E-state index contributed by atoms with van der Waals surface area (Å²) in [5.41, 5.74) is 1.01. The third-order valence-electron chi connectivity index (χ3n) is 2.90. The number of aromatic nitrogens is 2. The zero-order valence-corrected chi connectivity index (χ0v) is 11.7. The van der Waals surface area contributed by atoms with E-state index in [0.717, 1.165) is 5.56 Å². The smallest absolute Gasteiger partial charge is 0.264 e. The molecule has 0 amide bonds. The molecular weight excluding hydrogens is 297 g/mol. The van der Waals surface area contributed by atoms with Crippen molar-refractivity contribution in [2.45, 2.75) is 11.8 Å². The first kappa shape index (κ1) is 13.5. The summed E-state index contributed by atoms with van der Waals surface area (Å²) in [5, 5.41) is 7.15. The lowest BCUT2D eigenvalue weighted by Gasteiger charge is -2.09. The van der Waals surface area contributed by atoms with Crippen LogP contribution in [-0.4, -0.2) is 18.7 Å². The largest absolute Gasteiger partial charge is 0.277 e. The van der Waals surface area contributed by atoms with Gasteiger partial charge in [-0.3, -0.25) is 4.72 Å². The van der Waals surface area contributed by atoms with E-state index in [1.54, 1.807) is 19.1 Å². The molecule has 6 nitrogen and oxygen atoms in total. The lowest BCUT2D eigenvalue weighted by molar-refractivity contribution is 0.315. The summed E-state index contributed by atoms with van der Waals surface area (Å²) < 4.78 is 45.2. The van der Waals surface area contributed by atoms with Gasteiger partial charge in [-0.2, -0.15) is 0 Å². The quantitative estimate of drug-likeness (QED) is 0.803. The Bertz CT molecular complexity index is 921. The van der Waals surface area contributed by atoms with E-state index in [1.165, 1.54) is 24.3 Å². The van der Waals surface area contributed by atoms with E-state index >= 15 is 0 Å². The molecule has 0 aliphatic carbocycles. The lowest BCUT2D eigenvalue weighted by atomic mass is 10.2. The summed E-state index contributed by atoms with van der Waals surface area (Å²) in [6.45, 7) is 1.74. The first-order valence-electron chi connectivity index (χ1n) is 5.97. The molecule has 0 radical (unpaired) electrons. The van der Waals surface area contributed by atoms with E-state index in [1.807, 2.05) is 0 Å². The number of rotatable bonds is 3. The molecule has 1 aromatic heterocycles. The Morgan fingerprint density at radius 2 is 2.00 bits per heavy atom. The highest BCUT2D eigenvalue weighted by Gasteiger charge is 2.21. The van der Waals surface area contributed by atoms with Gasteiger partial charge in [0.2, 0.25) is 0 Å². The van der Waals surface area contributed by atoms with Gasteiger partial charge in [0.25, 0.3) is 10.0 Å². The van der Waals surface area contributed by atoms with Crippen LogP contribution in [0.4, 0.5) is 10.1 Å². The molecule has 0 aliphatic heterocycles. The van der Waals surface area contributed by atoms with Gasteiger partial charge in [0.15, 0.2) is 5.52 Å². The second-order valence-electron chi connectivity index (χ2n) is 4.48. The van der Waals surface area contributed by atoms with Gasteiger partial charge in [-0.1, -0.05) is 12.1 Å². The fraction of sp³-hybridized carbons (Fsp3) is 0.0769. The van der Waals surface area contributed by atoms with Crippen LogP contribution in [0.15, 0.2) is 45.9 Å². The van der Waals surface area contributed by atoms with E-state index in [9.17, 15) is 12.8 Å². The lowest BCUT2D eigenvalue weighted by Crippen LogP contribution is -2.14. The average Bonchev–Trinajstić information content (AvgIpc) is 2.90. The van der Waals surface area contributed by atoms with Crippen LogP contribution in [0.2, 0.25) is 0 Å². The minimum Gasteiger partial charge on any atom is -0.277 e. The number of anilines is 1. The molecule has 8 heteroatoms. The normalized spacial score (nSPS) is 11.7. The van der Waals surface area contributed by atoms with Crippen LogP contribution >= 0.6 is 0 Å². The molecule has 3 aromatic rings. The van der Waals surface area contributed by atoms with Gasteiger partial charge >= 0.3 is 0 Å². The van der Waals surface area contributed by atoms with Crippen LogP contribution in [0.3, 0.4) is 0 Å². The van der Waals surface area contributed by atoms with Crippen LogP contribution in [-0.2, 0) is 10.0 Å². The highest BCUT2D eigenvalue weighted by Crippen LogP contribution is 2.24. The second kappa shape index (κ2) is 4.81. The van der Waals surface area contributed by atoms with Crippen LogP contribution in [0.25, 0.3) is 11.0 Å². The summed E-state index contributed by atoms with van der Waals surface area (Å²) in [7, 11) is -4.00. The van der Waals surface area contributed by atoms with Crippen molar-refractivity contribution in [2.75, 3.05) is 4.72 Å². The summed E-state index contributed by atoms with van der Waals surface area (Å²) >= 11 is 0. The molecule has 0 fully saturated rings. The van der Waals surface area contributed by atoms with E-state index in [-0.39, 0.29) is 16.1 Å². The summed E-state index contributed by atoms with van der Waals surface area (Å²) in [4.78, 5) is -0.123. The highest BCUT2D eigenvalue weighted by atomic mass is 32.2. The van der Waals surface area contributed by atoms with Gasteiger partial charge in [0, 0.05) is 0 Å². The second-order valence-corrected chi connectivity index (χ2v) is 6.13. The summed E-state index contributed by atoms with van der Waals surface area (Å²) in [5.74, 6) is -0.658. The SMILES string of the molecule is Cc1ccc(F)c(NS(=O)(=O)c2cccc3nonc23)c1. The monoisotopic (exact) mass is 307 g/mol. The van der Waals surface area contributed by atoms with E-state index < -0.39 is 15.8 Å². The zero-order valence-electron chi connectivity index (χ0n) is 10.9. The first-order chi connectivity index (χ1) is 9.97. The van der Waals surface area contributed by atoms with Gasteiger partial charge < -0.3 is 0 Å². The fourth-order valence-electron chi connectivity index (χ4n) is 1.92. The molecule has 1 N–H and O–H groups in total. The molecular formula is C13H10FN3O3S. The number of nitrogens with zero attached hydrogens (tertiary/aromatic N) is 2. The van der Waals surface area contributed by atoms with E-state index in [2.05, 4.69) is 19.7 Å². The Hall–Kier alpha value is -2.48. The Labute approximate surface area is 119 Å². The molecule has 0 bridgehead atoms. The zero-order chi connectivity index (χ0) is 15.0. The van der Waals surface area contributed by atoms with E-state index in [0.29, 0.717) is 5.52 Å². The molecule has 0 spiro atoms. The molecule has 0 unspecified atom stereocenters. The highest BCUT2D eigenvalue weighted by molar-refractivity contribution is 7.93. The minimum atomic E-state index is -4.00. The van der Waals surface area contributed by atoms with Crippen molar-refractivity contribution in [1.29, 1.82) is 0 Å². The maximum absolute atomic E-state index is 13.7. The van der Waals surface area contributed by atoms with Crippen molar-refractivity contribution in [3.8, 4) is 0 Å². The molecule has 3 rings (SSSR count). The van der Waals surface area contributed by atoms with Crippen molar-refractivity contribution in [2.24, 2.45) is 0 Å². The number of nitrogens with one attached hydrogen (secondary N) is 1. The van der Waals surface area contributed by atoms with Crippen LogP contribution in [0.1, 0.15) is 5.56 Å². The molecule has 0 saturated heterocycles. The number of aryl methyl sites for hydroxylation is 1. The van der Waals surface area contributed by atoms with Crippen molar-refractivity contribution < 1.29 is 17.4 Å². The van der Waals surface area contributed by atoms with Crippen molar-refractivity contribution >= 4 is 26.7 Å². The topological polar surface area (TPSA) is 85.1 Å². The number of sulfonamides is 1. The molecule has 0 atom stereocenters.